The number of fused-ring (bicyclic) bond motifs is 5. The van der Waals surface area contributed by atoms with E-state index in [4.69, 9.17) is 21.3 Å². The second-order valence-electron chi connectivity index (χ2n) is 13.4. The van der Waals surface area contributed by atoms with Gasteiger partial charge >= 0.3 is 0 Å². The molecule has 1 fully saturated rings. The summed E-state index contributed by atoms with van der Waals surface area (Å²) in [5, 5.41) is 0.617. The zero-order chi connectivity index (χ0) is 36.2. The number of aromatic nitrogens is 3. The van der Waals surface area contributed by atoms with Crippen LogP contribution in [-0.4, -0.2) is 95.6 Å². The number of rotatable bonds is 8. The van der Waals surface area contributed by atoms with E-state index in [2.05, 4.69) is 11.6 Å². The number of likely N-dealkylation sites (N-methyl/N-ethyl adjacent to an activating group) is 1. The first-order valence-electron chi connectivity index (χ1n) is 16.5. The Bertz CT molecular complexity index is 2100. The van der Waals surface area contributed by atoms with E-state index in [0.717, 1.165) is 5.56 Å². The van der Waals surface area contributed by atoms with E-state index < -0.39 is 17.4 Å². The fraction of sp³-hybridized carbons (Fsp3) is 0.378. The van der Waals surface area contributed by atoms with E-state index in [1.165, 1.54) is 34.8 Å². The summed E-state index contributed by atoms with van der Waals surface area (Å²) in [6.07, 6.45) is 2.94. The fourth-order valence-electron chi connectivity index (χ4n) is 7.03. The van der Waals surface area contributed by atoms with Gasteiger partial charge in [-0.15, -0.1) is 0 Å². The maximum absolute atomic E-state index is 15.6. The zero-order valence-corrected chi connectivity index (χ0v) is 30.1. The number of aryl methyl sites for hydroxylation is 1. The van der Waals surface area contributed by atoms with Gasteiger partial charge in [-0.25, -0.2) is 9.37 Å². The summed E-state index contributed by atoms with van der Waals surface area (Å²) in [6, 6.07) is 6.84. The van der Waals surface area contributed by atoms with Crippen molar-refractivity contribution >= 4 is 45.8 Å². The Morgan fingerprint density at radius 2 is 1.92 bits per heavy atom. The standard InChI is InChI=1S/C37H41ClFN7O4/c1-9-28(47)44-19-26-36(48)43(16-15-42(6)7)34-33(45(26)18-22(44)5)23-17-24(38)31(29-25(39)11-10-12-27(29)50-8)41-35(23)46(37(34)49)32-21(4)13-14-40-30(32)20(2)3/h9-14,17,20,22,26H,1,15-16,18-19H2,2-8H3. The molecule has 1 aromatic carbocycles. The lowest BCUT2D eigenvalue weighted by atomic mass is 9.97. The van der Waals surface area contributed by atoms with Gasteiger partial charge in [-0.2, -0.15) is 0 Å². The molecule has 2 amide bonds. The average Bonchev–Trinajstić information content (AvgIpc) is 3.07. The maximum atomic E-state index is 15.6. The number of halogens is 2. The Labute approximate surface area is 295 Å². The van der Waals surface area contributed by atoms with Gasteiger partial charge in [0.25, 0.3) is 11.5 Å². The van der Waals surface area contributed by atoms with Crippen molar-refractivity contribution in [3.8, 4) is 22.7 Å². The van der Waals surface area contributed by atoms with Crippen LogP contribution < -0.4 is 20.1 Å². The van der Waals surface area contributed by atoms with Crippen LogP contribution in [0.4, 0.5) is 15.8 Å². The highest BCUT2D eigenvalue weighted by Gasteiger charge is 2.47. The van der Waals surface area contributed by atoms with Gasteiger partial charge in [0.1, 0.15) is 23.3 Å². The minimum Gasteiger partial charge on any atom is -0.496 e. The summed E-state index contributed by atoms with van der Waals surface area (Å²) in [6.45, 7) is 12.4. The molecule has 2 unspecified atom stereocenters. The number of piperazine rings is 1. The van der Waals surface area contributed by atoms with Crippen LogP contribution in [0.5, 0.6) is 5.75 Å². The summed E-state index contributed by atoms with van der Waals surface area (Å²) in [4.78, 5) is 59.4. The number of hydrogen-bond acceptors (Lipinski definition) is 8. The molecule has 1 saturated heterocycles. The molecule has 0 N–H and O–H groups in total. The van der Waals surface area contributed by atoms with E-state index in [9.17, 15) is 9.59 Å². The summed E-state index contributed by atoms with van der Waals surface area (Å²) < 4.78 is 22.6. The van der Waals surface area contributed by atoms with Gasteiger partial charge < -0.3 is 24.3 Å². The highest BCUT2D eigenvalue weighted by molar-refractivity contribution is 6.34. The second kappa shape index (κ2) is 13.5. The molecular weight excluding hydrogens is 661 g/mol. The molecule has 0 aliphatic carbocycles. The van der Waals surface area contributed by atoms with Gasteiger partial charge in [0.05, 0.1) is 47.0 Å². The number of amides is 2. The average molecular weight is 702 g/mol. The van der Waals surface area contributed by atoms with Crippen LogP contribution in [0.2, 0.25) is 5.02 Å². The van der Waals surface area contributed by atoms with Crippen molar-refractivity contribution in [3.05, 3.63) is 81.6 Å². The number of ether oxygens (including phenoxy) is 1. The lowest BCUT2D eigenvalue weighted by Gasteiger charge is -2.50. The zero-order valence-electron chi connectivity index (χ0n) is 29.3. The van der Waals surface area contributed by atoms with E-state index in [1.807, 2.05) is 57.7 Å². The smallest absolute Gasteiger partial charge is 0.283 e. The first kappa shape index (κ1) is 35.0. The SMILES string of the molecule is C=CC(=O)N1CC2C(=O)N(CCN(C)C)c3c(c4cc(Cl)c(-c5c(F)cccc5OC)nc4n(-c4c(C)ccnc4C(C)C)c3=O)N2CC1C. The molecule has 13 heteroatoms. The number of carbonyl (C=O) groups is 2. The van der Waals surface area contributed by atoms with Crippen molar-refractivity contribution in [1.82, 2.24) is 24.3 Å². The van der Waals surface area contributed by atoms with Crippen molar-refractivity contribution in [2.75, 3.05) is 57.2 Å². The molecule has 262 valence electrons. The van der Waals surface area contributed by atoms with Crippen LogP contribution in [0, 0.1) is 12.7 Å². The predicted octanol–water partition coefficient (Wildman–Crippen LogP) is 5.18. The molecule has 50 heavy (non-hydrogen) atoms. The monoisotopic (exact) mass is 701 g/mol. The highest BCUT2D eigenvalue weighted by atomic mass is 35.5. The van der Waals surface area contributed by atoms with Crippen molar-refractivity contribution in [1.29, 1.82) is 0 Å². The summed E-state index contributed by atoms with van der Waals surface area (Å²) in [5.41, 5.74) is 2.50. The Morgan fingerprint density at radius 3 is 2.58 bits per heavy atom. The Balaban J connectivity index is 1.78. The van der Waals surface area contributed by atoms with E-state index in [1.54, 1.807) is 23.2 Å². The lowest BCUT2D eigenvalue weighted by Crippen LogP contribution is -2.67. The number of anilines is 2. The molecule has 0 saturated carbocycles. The van der Waals surface area contributed by atoms with E-state index in [-0.39, 0.29) is 76.8 Å². The molecule has 0 bridgehead atoms. The Hall–Kier alpha value is -4.81. The van der Waals surface area contributed by atoms with Crippen molar-refractivity contribution in [2.24, 2.45) is 0 Å². The predicted molar refractivity (Wildman–Crippen MR) is 194 cm³/mol. The lowest BCUT2D eigenvalue weighted by molar-refractivity contribution is -0.130. The van der Waals surface area contributed by atoms with Crippen LogP contribution in [0.3, 0.4) is 0 Å². The minimum atomic E-state index is -0.792. The topological polar surface area (TPSA) is 104 Å². The highest BCUT2D eigenvalue weighted by Crippen LogP contribution is 2.45. The van der Waals surface area contributed by atoms with Gasteiger partial charge in [-0.1, -0.05) is 38.1 Å². The molecular formula is C37H41ClFN7O4. The van der Waals surface area contributed by atoms with E-state index in [0.29, 0.717) is 29.0 Å². The maximum Gasteiger partial charge on any atom is 0.283 e. The number of hydrogen-bond donors (Lipinski definition) is 0. The van der Waals surface area contributed by atoms with Crippen molar-refractivity contribution in [2.45, 2.75) is 45.7 Å². The van der Waals surface area contributed by atoms with E-state index >= 15 is 9.18 Å². The molecule has 4 aromatic rings. The van der Waals surface area contributed by atoms with Gasteiger partial charge in [0.15, 0.2) is 5.65 Å². The first-order valence-corrected chi connectivity index (χ1v) is 16.9. The number of pyridine rings is 3. The third-order valence-corrected chi connectivity index (χ3v) is 9.77. The van der Waals surface area contributed by atoms with Crippen LogP contribution in [0.1, 0.15) is 37.9 Å². The molecule has 0 radical (unpaired) electrons. The summed E-state index contributed by atoms with van der Waals surface area (Å²) >= 11 is 7.03. The normalized spacial score (nSPS) is 17.4. The molecule has 5 heterocycles. The Morgan fingerprint density at radius 1 is 1.18 bits per heavy atom. The second-order valence-corrected chi connectivity index (χ2v) is 13.8. The number of benzene rings is 1. The third kappa shape index (κ3) is 5.69. The number of methoxy groups -OCH3 is 1. The van der Waals surface area contributed by atoms with Crippen LogP contribution in [0.25, 0.3) is 28.0 Å². The fourth-order valence-corrected chi connectivity index (χ4v) is 7.28. The molecule has 2 aliphatic rings. The van der Waals surface area contributed by atoms with Crippen LogP contribution in [0.15, 0.2) is 54.0 Å². The van der Waals surface area contributed by atoms with Gasteiger partial charge in [-0.3, -0.25) is 23.9 Å². The third-order valence-electron chi connectivity index (χ3n) is 9.49. The van der Waals surface area contributed by atoms with Gasteiger partial charge in [0.2, 0.25) is 5.91 Å². The Kier molecular flexibility index (Phi) is 9.45. The largest absolute Gasteiger partial charge is 0.496 e. The summed E-state index contributed by atoms with van der Waals surface area (Å²) in [7, 11) is 5.22. The van der Waals surface area contributed by atoms with Crippen molar-refractivity contribution < 1.29 is 18.7 Å². The number of carbonyl (C=O) groups excluding carboxylic acids is 2. The molecule has 0 spiro atoms. The molecule has 2 atom stereocenters. The van der Waals surface area contributed by atoms with Crippen molar-refractivity contribution in [3.63, 3.8) is 0 Å². The number of nitrogens with zero attached hydrogens (tertiary/aromatic N) is 7. The molecule has 6 rings (SSSR count). The van der Waals surface area contributed by atoms with Crippen LogP contribution >= 0.6 is 11.6 Å². The quantitative estimate of drug-likeness (QED) is 0.232. The summed E-state index contributed by atoms with van der Waals surface area (Å²) in [5.74, 6) is -1.04. The molecule has 11 nitrogen and oxygen atoms in total. The van der Waals surface area contributed by atoms with Crippen LogP contribution in [-0.2, 0) is 9.59 Å². The van der Waals surface area contributed by atoms with Gasteiger partial charge in [-0.05, 0) is 69.8 Å². The molecule has 3 aromatic heterocycles. The van der Waals surface area contributed by atoms with Gasteiger partial charge in [0, 0.05) is 37.3 Å². The molecule has 2 aliphatic heterocycles. The minimum absolute atomic E-state index is 0.0523. The first-order chi connectivity index (χ1) is 23.8.